The molecule has 1 heterocycles. The highest BCUT2D eigenvalue weighted by molar-refractivity contribution is 9.10. The molecular weight excluding hydrogens is 236 g/mol. The predicted molar refractivity (Wildman–Crippen MR) is 52.4 cm³/mol. The van der Waals surface area contributed by atoms with Crippen LogP contribution < -0.4 is 11.1 Å². The maximum absolute atomic E-state index is 10.9. The van der Waals surface area contributed by atoms with Crippen molar-refractivity contribution in [1.82, 2.24) is 0 Å². The Hall–Kier alpha value is -1.23. The summed E-state index contributed by atoms with van der Waals surface area (Å²) in [5.41, 5.74) is 7.78. The molecule has 1 amide bonds. The molecule has 0 fully saturated rings. The van der Waals surface area contributed by atoms with Gasteiger partial charge >= 0.3 is 6.09 Å². The van der Waals surface area contributed by atoms with Gasteiger partial charge in [0, 0.05) is 10.0 Å². The number of nitrogens with two attached hydrogens (primary N) is 1. The molecule has 0 radical (unpaired) electrons. The fourth-order valence-corrected chi connectivity index (χ4v) is 1.76. The summed E-state index contributed by atoms with van der Waals surface area (Å²) in [7, 11) is 0. The van der Waals surface area contributed by atoms with E-state index in [1.165, 1.54) is 0 Å². The minimum absolute atomic E-state index is 0.269. The van der Waals surface area contributed by atoms with Crippen LogP contribution in [0.4, 0.5) is 16.2 Å². The Morgan fingerprint density at radius 3 is 3.08 bits per heavy atom. The Balaban J connectivity index is 2.53. The third-order valence-electron chi connectivity index (χ3n) is 1.80. The molecular formula is C8H7BrN2O2. The second-order valence-electron chi connectivity index (χ2n) is 2.73. The molecule has 3 N–H and O–H groups in total. The molecule has 0 unspecified atom stereocenters. The SMILES string of the molecule is Nc1cc(Br)cc2c1NC(=O)OC2. The first kappa shape index (κ1) is 8.37. The molecule has 4 nitrogen and oxygen atoms in total. The zero-order valence-corrected chi connectivity index (χ0v) is 8.22. The molecule has 0 aromatic heterocycles. The van der Waals surface area contributed by atoms with E-state index in [4.69, 9.17) is 10.5 Å². The van der Waals surface area contributed by atoms with E-state index in [0.717, 1.165) is 10.0 Å². The number of carbonyl (C=O) groups excluding carboxylic acids is 1. The molecule has 2 rings (SSSR count). The minimum atomic E-state index is -0.457. The molecule has 1 aliphatic rings. The minimum Gasteiger partial charge on any atom is -0.444 e. The summed E-state index contributed by atoms with van der Waals surface area (Å²) in [5, 5.41) is 2.55. The Kier molecular flexibility index (Phi) is 1.88. The summed E-state index contributed by atoms with van der Waals surface area (Å²) in [6.07, 6.45) is -0.457. The Labute approximate surface area is 83.2 Å². The highest BCUT2D eigenvalue weighted by Gasteiger charge is 2.18. The van der Waals surface area contributed by atoms with Crippen LogP contribution in [0.1, 0.15) is 5.56 Å². The highest BCUT2D eigenvalue weighted by Crippen LogP contribution is 2.31. The number of ether oxygens (including phenoxy) is 1. The van der Waals surface area contributed by atoms with Crippen molar-refractivity contribution in [3.05, 3.63) is 22.2 Å². The first-order valence-electron chi connectivity index (χ1n) is 3.68. The van der Waals surface area contributed by atoms with Gasteiger partial charge in [0.2, 0.25) is 0 Å². The fraction of sp³-hybridized carbons (Fsp3) is 0.125. The van der Waals surface area contributed by atoms with Gasteiger partial charge < -0.3 is 10.5 Å². The van der Waals surface area contributed by atoms with Crippen LogP contribution in [0.3, 0.4) is 0 Å². The van der Waals surface area contributed by atoms with E-state index >= 15 is 0 Å². The molecule has 0 aliphatic carbocycles. The second-order valence-corrected chi connectivity index (χ2v) is 3.65. The number of hydrogen-bond acceptors (Lipinski definition) is 3. The van der Waals surface area contributed by atoms with Gasteiger partial charge in [-0.15, -0.1) is 0 Å². The quantitative estimate of drug-likeness (QED) is 0.685. The topological polar surface area (TPSA) is 64.3 Å². The number of nitrogen functional groups attached to an aromatic ring is 1. The van der Waals surface area contributed by atoms with Crippen LogP contribution in [0.5, 0.6) is 0 Å². The summed E-state index contributed by atoms with van der Waals surface area (Å²) in [5.74, 6) is 0. The van der Waals surface area contributed by atoms with Crippen molar-refractivity contribution in [2.45, 2.75) is 6.61 Å². The van der Waals surface area contributed by atoms with Crippen molar-refractivity contribution in [2.24, 2.45) is 0 Å². The number of fused-ring (bicyclic) bond motifs is 1. The van der Waals surface area contributed by atoms with Crippen LogP contribution >= 0.6 is 15.9 Å². The first-order valence-corrected chi connectivity index (χ1v) is 4.48. The van der Waals surface area contributed by atoms with Crippen LogP contribution in [-0.2, 0) is 11.3 Å². The normalized spacial score (nSPS) is 14.4. The monoisotopic (exact) mass is 242 g/mol. The maximum Gasteiger partial charge on any atom is 0.412 e. The van der Waals surface area contributed by atoms with E-state index in [1.54, 1.807) is 6.07 Å². The molecule has 1 aliphatic heterocycles. The lowest BCUT2D eigenvalue weighted by Gasteiger charge is -2.19. The van der Waals surface area contributed by atoms with Crippen LogP contribution in [0.25, 0.3) is 0 Å². The Morgan fingerprint density at radius 1 is 1.54 bits per heavy atom. The molecule has 0 bridgehead atoms. The molecule has 68 valence electrons. The standard InChI is InChI=1S/C8H7BrN2O2/c9-5-1-4-3-13-8(12)11-7(4)6(10)2-5/h1-2H,3,10H2,(H,11,12). The molecule has 13 heavy (non-hydrogen) atoms. The fourth-order valence-electron chi connectivity index (χ4n) is 1.23. The lowest BCUT2D eigenvalue weighted by atomic mass is 10.1. The van der Waals surface area contributed by atoms with E-state index in [0.29, 0.717) is 11.4 Å². The van der Waals surface area contributed by atoms with E-state index in [2.05, 4.69) is 21.2 Å². The lowest BCUT2D eigenvalue weighted by molar-refractivity contribution is 0.151. The van der Waals surface area contributed by atoms with Gasteiger partial charge in [-0.05, 0) is 12.1 Å². The van der Waals surface area contributed by atoms with Gasteiger partial charge in [-0.3, -0.25) is 5.32 Å². The third kappa shape index (κ3) is 1.47. The van der Waals surface area contributed by atoms with Gasteiger partial charge in [-0.1, -0.05) is 15.9 Å². The first-order chi connectivity index (χ1) is 6.16. The van der Waals surface area contributed by atoms with Crippen molar-refractivity contribution in [1.29, 1.82) is 0 Å². The van der Waals surface area contributed by atoms with Gasteiger partial charge in [0.25, 0.3) is 0 Å². The van der Waals surface area contributed by atoms with Crippen molar-refractivity contribution in [3.8, 4) is 0 Å². The number of hydrogen-bond donors (Lipinski definition) is 2. The van der Waals surface area contributed by atoms with Gasteiger partial charge in [0.15, 0.2) is 0 Å². The number of halogens is 1. The molecule has 0 spiro atoms. The Bertz CT molecular complexity index is 379. The summed E-state index contributed by atoms with van der Waals surface area (Å²) < 4.78 is 5.67. The number of nitrogens with one attached hydrogen (secondary N) is 1. The average Bonchev–Trinajstić information content (AvgIpc) is 2.06. The number of cyclic esters (lactones) is 1. The summed E-state index contributed by atoms with van der Waals surface area (Å²) >= 11 is 3.31. The van der Waals surface area contributed by atoms with Crippen molar-refractivity contribution < 1.29 is 9.53 Å². The lowest BCUT2D eigenvalue weighted by Crippen LogP contribution is -2.21. The number of carbonyl (C=O) groups is 1. The Morgan fingerprint density at radius 2 is 2.31 bits per heavy atom. The number of rotatable bonds is 0. The van der Waals surface area contributed by atoms with E-state index < -0.39 is 6.09 Å². The number of amides is 1. The zero-order chi connectivity index (χ0) is 9.42. The largest absolute Gasteiger partial charge is 0.444 e. The molecule has 0 saturated heterocycles. The van der Waals surface area contributed by atoms with Crippen molar-refractivity contribution in [2.75, 3.05) is 11.1 Å². The van der Waals surface area contributed by atoms with Crippen LogP contribution in [0, 0.1) is 0 Å². The summed E-state index contributed by atoms with van der Waals surface area (Å²) in [6, 6.07) is 3.61. The van der Waals surface area contributed by atoms with E-state index in [1.807, 2.05) is 6.07 Å². The van der Waals surface area contributed by atoms with Crippen LogP contribution in [0.2, 0.25) is 0 Å². The zero-order valence-electron chi connectivity index (χ0n) is 6.63. The molecule has 1 aromatic carbocycles. The number of benzene rings is 1. The summed E-state index contributed by atoms with van der Waals surface area (Å²) in [4.78, 5) is 10.9. The number of anilines is 2. The van der Waals surface area contributed by atoms with Crippen molar-refractivity contribution in [3.63, 3.8) is 0 Å². The molecule has 1 aromatic rings. The van der Waals surface area contributed by atoms with Crippen molar-refractivity contribution >= 4 is 33.4 Å². The van der Waals surface area contributed by atoms with Gasteiger partial charge in [0.05, 0.1) is 11.4 Å². The second kappa shape index (κ2) is 2.92. The van der Waals surface area contributed by atoms with E-state index in [9.17, 15) is 4.79 Å². The molecule has 0 saturated carbocycles. The van der Waals surface area contributed by atoms with E-state index in [-0.39, 0.29) is 6.61 Å². The smallest absolute Gasteiger partial charge is 0.412 e. The predicted octanol–water partition coefficient (Wildman–Crippen LogP) is 2.09. The third-order valence-corrected chi connectivity index (χ3v) is 2.26. The van der Waals surface area contributed by atoms with Crippen LogP contribution in [-0.4, -0.2) is 6.09 Å². The van der Waals surface area contributed by atoms with Gasteiger partial charge in [-0.25, -0.2) is 4.79 Å². The average molecular weight is 243 g/mol. The van der Waals surface area contributed by atoms with Gasteiger partial charge in [-0.2, -0.15) is 0 Å². The molecule has 0 atom stereocenters. The molecule has 5 heteroatoms. The summed E-state index contributed by atoms with van der Waals surface area (Å²) in [6.45, 7) is 0.269. The maximum atomic E-state index is 10.9. The van der Waals surface area contributed by atoms with Crippen LogP contribution in [0.15, 0.2) is 16.6 Å². The highest BCUT2D eigenvalue weighted by atomic mass is 79.9. The van der Waals surface area contributed by atoms with Gasteiger partial charge in [0.1, 0.15) is 6.61 Å².